The van der Waals surface area contributed by atoms with Crippen LogP contribution in [0.4, 0.5) is 11.4 Å². The molecule has 2 amide bonds. The Labute approximate surface area is 165 Å². The van der Waals surface area contributed by atoms with Crippen molar-refractivity contribution >= 4 is 23.2 Å². The summed E-state index contributed by atoms with van der Waals surface area (Å²) in [5.74, 6) is 0.184. The van der Waals surface area contributed by atoms with E-state index in [9.17, 15) is 9.59 Å². The zero-order valence-electron chi connectivity index (χ0n) is 16.9. The van der Waals surface area contributed by atoms with Crippen LogP contribution in [-0.4, -0.2) is 26.0 Å². The molecule has 0 heterocycles. The zero-order valence-corrected chi connectivity index (χ0v) is 16.9. The molecule has 1 aliphatic rings. The molecule has 3 rings (SSSR count). The fourth-order valence-electron chi connectivity index (χ4n) is 3.50. The van der Waals surface area contributed by atoms with E-state index in [1.165, 1.54) is 7.11 Å². The van der Waals surface area contributed by atoms with Crippen molar-refractivity contribution < 1.29 is 19.1 Å². The molecule has 0 aromatic heterocycles. The van der Waals surface area contributed by atoms with Gasteiger partial charge in [0, 0.05) is 11.8 Å². The van der Waals surface area contributed by atoms with Crippen LogP contribution in [0.5, 0.6) is 11.5 Å². The summed E-state index contributed by atoms with van der Waals surface area (Å²) < 4.78 is 10.5. The van der Waals surface area contributed by atoms with Crippen molar-refractivity contribution in [3.05, 3.63) is 47.0 Å². The second-order valence-corrected chi connectivity index (χ2v) is 7.27. The monoisotopic (exact) mass is 382 g/mol. The average Bonchev–Trinajstić information content (AvgIpc) is 3.45. The van der Waals surface area contributed by atoms with E-state index in [2.05, 4.69) is 10.6 Å². The van der Waals surface area contributed by atoms with Crippen LogP contribution < -0.4 is 20.1 Å². The first kappa shape index (κ1) is 19.7. The molecule has 0 saturated heterocycles. The fourth-order valence-corrected chi connectivity index (χ4v) is 3.50. The number of amides is 2. The molecule has 2 atom stereocenters. The molecule has 1 saturated carbocycles. The van der Waals surface area contributed by atoms with Gasteiger partial charge in [-0.15, -0.1) is 0 Å². The van der Waals surface area contributed by atoms with E-state index in [0.29, 0.717) is 23.6 Å². The molecule has 0 spiro atoms. The van der Waals surface area contributed by atoms with Crippen LogP contribution in [0.25, 0.3) is 0 Å². The Morgan fingerprint density at radius 2 is 1.50 bits per heavy atom. The molecular formula is C22H26N2O4. The van der Waals surface area contributed by atoms with E-state index in [1.54, 1.807) is 25.3 Å². The lowest BCUT2D eigenvalue weighted by atomic mass is 10.0. The molecule has 148 valence electrons. The molecular weight excluding hydrogens is 356 g/mol. The number of methoxy groups -OCH3 is 2. The third-order valence-electron chi connectivity index (χ3n) is 5.05. The summed E-state index contributed by atoms with van der Waals surface area (Å²) in [6, 6.07) is 9.26. The van der Waals surface area contributed by atoms with Crippen LogP contribution >= 0.6 is 0 Å². The number of rotatable bonds is 6. The molecule has 0 radical (unpaired) electrons. The Hall–Kier alpha value is -3.02. The molecule has 1 fully saturated rings. The lowest BCUT2D eigenvalue weighted by Gasteiger charge is -2.13. The van der Waals surface area contributed by atoms with Gasteiger partial charge in [-0.05, 0) is 50.5 Å². The minimum atomic E-state index is -0.345. The Morgan fingerprint density at radius 3 is 2.07 bits per heavy atom. The molecule has 0 aliphatic heterocycles. The number of ether oxygens (including phenoxy) is 2. The summed E-state index contributed by atoms with van der Waals surface area (Å²) in [4.78, 5) is 25.2. The first-order chi connectivity index (χ1) is 13.3. The lowest BCUT2D eigenvalue weighted by Crippen LogP contribution is -2.21. The van der Waals surface area contributed by atoms with E-state index in [0.717, 1.165) is 22.4 Å². The van der Waals surface area contributed by atoms with Crippen molar-refractivity contribution in [2.24, 2.45) is 11.8 Å². The maximum Gasteiger partial charge on any atom is 0.228 e. The number of hydrogen-bond donors (Lipinski definition) is 2. The van der Waals surface area contributed by atoms with Gasteiger partial charge in [0.15, 0.2) is 0 Å². The van der Waals surface area contributed by atoms with Gasteiger partial charge in [0.2, 0.25) is 11.8 Å². The molecule has 2 unspecified atom stereocenters. The van der Waals surface area contributed by atoms with Crippen molar-refractivity contribution in [2.45, 2.75) is 27.2 Å². The average molecular weight is 382 g/mol. The van der Waals surface area contributed by atoms with Crippen LogP contribution in [0, 0.1) is 32.6 Å². The van der Waals surface area contributed by atoms with Gasteiger partial charge in [-0.3, -0.25) is 9.59 Å². The zero-order chi connectivity index (χ0) is 20.4. The predicted molar refractivity (Wildman–Crippen MR) is 109 cm³/mol. The quantitative estimate of drug-likeness (QED) is 0.796. The molecule has 6 nitrogen and oxygen atoms in total. The van der Waals surface area contributed by atoms with Gasteiger partial charge in [0.25, 0.3) is 0 Å². The Bertz CT molecular complexity index is 900. The van der Waals surface area contributed by atoms with Gasteiger partial charge in [-0.25, -0.2) is 0 Å². The molecule has 0 bridgehead atoms. The van der Waals surface area contributed by atoms with E-state index < -0.39 is 0 Å². The summed E-state index contributed by atoms with van der Waals surface area (Å²) in [5, 5.41) is 5.85. The number of aryl methyl sites for hydroxylation is 3. The van der Waals surface area contributed by atoms with E-state index in [1.807, 2.05) is 32.9 Å². The molecule has 28 heavy (non-hydrogen) atoms. The smallest absolute Gasteiger partial charge is 0.228 e. The van der Waals surface area contributed by atoms with Gasteiger partial charge in [0.1, 0.15) is 11.5 Å². The lowest BCUT2D eigenvalue weighted by molar-refractivity contribution is -0.122. The van der Waals surface area contributed by atoms with Crippen molar-refractivity contribution in [3.63, 3.8) is 0 Å². The summed E-state index contributed by atoms with van der Waals surface area (Å²) in [5.41, 5.74) is 4.56. The molecule has 2 aromatic rings. The van der Waals surface area contributed by atoms with Crippen molar-refractivity contribution in [1.82, 2.24) is 0 Å². The molecule has 2 aromatic carbocycles. The van der Waals surface area contributed by atoms with E-state index in [4.69, 9.17) is 9.47 Å². The molecule has 1 aliphatic carbocycles. The van der Waals surface area contributed by atoms with Gasteiger partial charge in [0.05, 0.1) is 31.7 Å². The maximum atomic E-state index is 12.6. The second kappa shape index (κ2) is 7.92. The first-order valence-corrected chi connectivity index (χ1v) is 9.25. The summed E-state index contributed by atoms with van der Waals surface area (Å²) >= 11 is 0. The highest BCUT2D eigenvalue weighted by atomic mass is 16.5. The van der Waals surface area contributed by atoms with Gasteiger partial charge >= 0.3 is 0 Å². The summed E-state index contributed by atoms with van der Waals surface area (Å²) in [6.07, 6.45) is 0.536. The van der Waals surface area contributed by atoms with Crippen molar-refractivity contribution in [1.29, 1.82) is 0 Å². The number of nitrogens with one attached hydrogen (secondary N) is 2. The van der Waals surface area contributed by atoms with Crippen molar-refractivity contribution in [3.8, 4) is 11.5 Å². The van der Waals surface area contributed by atoms with E-state index in [-0.39, 0.29) is 23.7 Å². The van der Waals surface area contributed by atoms with Crippen LogP contribution in [0.1, 0.15) is 23.1 Å². The topological polar surface area (TPSA) is 76.7 Å². The minimum absolute atomic E-state index is 0.118. The summed E-state index contributed by atoms with van der Waals surface area (Å²) in [6.45, 7) is 5.98. The number of hydrogen-bond acceptors (Lipinski definition) is 4. The number of benzene rings is 2. The predicted octanol–water partition coefficient (Wildman–Crippen LogP) is 3.84. The number of carbonyl (C=O) groups is 2. The SMILES string of the molecule is COc1ccc(OC)c(NC(=O)C2CC2C(=O)Nc2c(C)cc(C)cc2C)c1. The Balaban J connectivity index is 1.65. The third-order valence-corrected chi connectivity index (χ3v) is 5.05. The number of carbonyl (C=O) groups excluding carboxylic acids is 2. The van der Waals surface area contributed by atoms with Crippen molar-refractivity contribution in [2.75, 3.05) is 24.9 Å². The van der Waals surface area contributed by atoms with Gasteiger partial charge in [-0.2, -0.15) is 0 Å². The third kappa shape index (κ3) is 4.11. The van der Waals surface area contributed by atoms with Crippen LogP contribution in [-0.2, 0) is 9.59 Å². The van der Waals surface area contributed by atoms with E-state index >= 15 is 0 Å². The first-order valence-electron chi connectivity index (χ1n) is 9.25. The van der Waals surface area contributed by atoms with Gasteiger partial charge in [-0.1, -0.05) is 17.7 Å². The molecule has 2 N–H and O–H groups in total. The van der Waals surface area contributed by atoms with Crippen LogP contribution in [0.3, 0.4) is 0 Å². The highest BCUT2D eigenvalue weighted by Crippen LogP contribution is 2.41. The summed E-state index contributed by atoms with van der Waals surface area (Å²) in [7, 11) is 3.10. The number of anilines is 2. The van der Waals surface area contributed by atoms with Gasteiger partial charge < -0.3 is 20.1 Å². The largest absolute Gasteiger partial charge is 0.497 e. The second-order valence-electron chi connectivity index (χ2n) is 7.27. The van der Waals surface area contributed by atoms with Crippen LogP contribution in [0.15, 0.2) is 30.3 Å². The Kier molecular flexibility index (Phi) is 5.58. The highest BCUT2D eigenvalue weighted by Gasteiger charge is 2.48. The minimum Gasteiger partial charge on any atom is -0.497 e. The standard InChI is InChI=1S/C22H26N2O4/c1-12-8-13(2)20(14(3)9-12)24-22(26)17-11-16(17)21(25)23-18-10-15(27-4)6-7-19(18)28-5/h6-10,16-17H,11H2,1-5H3,(H,23,25)(H,24,26). The normalized spacial score (nSPS) is 17.6. The fraction of sp³-hybridized carbons (Fsp3) is 0.364. The highest BCUT2D eigenvalue weighted by molar-refractivity contribution is 6.04. The maximum absolute atomic E-state index is 12.6. The molecule has 6 heteroatoms. The van der Waals surface area contributed by atoms with Crippen LogP contribution in [0.2, 0.25) is 0 Å². The Morgan fingerprint density at radius 1 is 0.893 bits per heavy atom.